The van der Waals surface area contributed by atoms with Gasteiger partial charge in [0.05, 0.1) is 5.56 Å². The number of hydrogen-bond acceptors (Lipinski definition) is 6. The fourth-order valence-electron chi connectivity index (χ4n) is 2.57. The largest absolute Gasteiger partial charge is 0.480 e. The van der Waals surface area contributed by atoms with Crippen molar-refractivity contribution >= 4 is 24.2 Å². The average Bonchev–Trinajstić information content (AvgIpc) is 2.76. The van der Waals surface area contributed by atoms with Gasteiger partial charge in [-0.1, -0.05) is 41.9 Å². The summed E-state index contributed by atoms with van der Waals surface area (Å²) in [6.45, 7) is 0.476. The highest BCUT2D eigenvalue weighted by Gasteiger charge is 2.16. The fourth-order valence-corrected chi connectivity index (χ4v) is 2.57. The van der Waals surface area contributed by atoms with E-state index in [1.54, 1.807) is 60.7 Å². The van der Waals surface area contributed by atoms with Gasteiger partial charge in [-0.2, -0.15) is 0 Å². The van der Waals surface area contributed by atoms with Crippen molar-refractivity contribution in [3.63, 3.8) is 0 Å². The summed E-state index contributed by atoms with van der Waals surface area (Å²) in [6, 6.07) is 14.8. The van der Waals surface area contributed by atoms with Gasteiger partial charge in [0.25, 0.3) is 0 Å². The molecule has 0 saturated carbocycles. The Morgan fingerprint density at radius 2 is 1.87 bits per heavy atom. The van der Waals surface area contributed by atoms with E-state index in [2.05, 4.69) is 4.99 Å². The summed E-state index contributed by atoms with van der Waals surface area (Å²) in [5.41, 5.74) is 13.9. The summed E-state index contributed by atoms with van der Waals surface area (Å²) in [5.74, 6) is -1.10. The summed E-state index contributed by atoms with van der Waals surface area (Å²) in [4.78, 5) is 27.7. The zero-order valence-electron chi connectivity index (χ0n) is 16.5. The molecule has 0 saturated heterocycles. The molecule has 0 amide bonds. The lowest BCUT2D eigenvalue weighted by molar-refractivity contribution is -0.614. The van der Waals surface area contributed by atoms with Crippen molar-refractivity contribution in [2.75, 3.05) is 13.2 Å². The zero-order chi connectivity index (χ0) is 21.8. The van der Waals surface area contributed by atoms with Crippen molar-refractivity contribution in [2.45, 2.75) is 18.9 Å². The second-order valence-electron chi connectivity index (χ2n) is 6.39. The normalized spacial score (nSPS) is 12.2. The molecule has 0 aromatic heterocycles. The first-order valence-corrected chi connectivity index (χ1v) is 9.46. The third-order valence-electron chi connectivity index (χ3n) is 4.17. The van der Waals surface area contributed by atoms with Gasteiger partial charge in [0.2, 0.25) is 6.67 Å². The van der Waals surface area contributed by atoms with Crippen LogP contribution in [-0.2, 0) is 4.79 Å². The first-order valence-electron chi connectivity index (χ1n) is 9.46. The van der Waals surface area contributed by atoms with Crippen molar-refractivity contribution in [3.05, 3.63) is 71.8 Å². The number of aliphatic carboxylic acids is 1. The molecule has 0 unspecified atom stereocenters. The highest BCUT2D eigenvalue weighted by molar-refractivity contribution is 5.91. The van der Waals surface area contributed by atoms with E-state index >= 15 is 0 Å². The Balaban J connectivity index is 2.00. The minimum Gasteiger partial charge on any atom is -0.480 e. The van der Waals surface area contributed by atoms with Gasteiger partial charge in [-0.05, 0) is 36.8 Å². The molecule has 0 bridgehead atoms. The van der Waals surface area contributed by atoms with Crippen LogP contribution in [0.2, 0.25) is 0 Å². The molecule has 2 aromatic carbocycles. The molecule has 0 aliphatic rings. The minimum absolute atomic E-state index is 0.0952. The van der Waals surface area contributed by atoms with Crippen LogP contribution in [0.5, 0.6) is 5.75 Å². The van der Waals surface area contributed by atoms with Crippen molar-refractivity contribution in [2.24, 2.45) is 10.7 Å². The molecule has 2 aromatic rings. The Hall–Kier alpha value is -3.65. The number of para-hydroxylation sites is 1. The first-order chi connectivity index (χ1) is 14.5. The number of nitrogens with two attached hydrogens (primary N) is 1. The molecule has 1 atom stereocenters. The Labute approximate surface area is 174 Å². The van der Waals surface area contributed by atoms with Crippen molar-refractivity contribution < 1.29 is 24.1 Å². The number of nitrogens with one attached hydrogen (secondary N) is 1. The predicted molar refractivity (Wildman–Crippen MR) is 113 cm³/mol. The summed E-state index contributed by atoms with van der Waals surface area (Å²) in [7, 11) is 0. The van der Waals surface area contributed by atoms with Gasteiger partial charge < -0.3 is 9.84 Å². The predicted octanol–water partition coefficient (Wildman–Crippen LogP) is 3.18. The third-order valence-corrected chi connectivity index (χ3v) is 4.17. The number of ether oxygens (including phenoxy) is 1. The molecule has 0 aliphatic carbocycles. The molecule has 156 valence electrons. The molecule has 0 fully saturated rings. The van der Waals surface area contributed by atoms with E-state index < -0.39 is 18.0 Å². The number of rotatable bonds is 11. The maximum atomic E-state index is 12.3. The Morgan fingerprint density at radius 3 is 2.57 bits per heavy atom. The Kier molecular flexibility index (Phi) is 9.08. The standard InChI is InChI=1S/C22H24N4O4/c23-16-26(24)15-7-12-19(21(27)28)25-14-6-11-17-8-4-5-13-20(17)30-22(29)18-9-2-1-3-10-18/h1-6,8-11,13-14,19,24H,7,12,15-16,23H2/p+1/b11-6+,25-14?,26-24?/t19-/m0/s1. The van der Waals surface area contributed by atoms with E-state index in [9.17, 15) is 14.7 Å². The van der Waals surface area contributed by atoms with E-state index in [0.717, 1.165) is 4.70 Å². The van der Waals surface area contributed by atoms with Crippen molar-refractivity contribution in [1.82, 2.24) is 0 Å². The van der Waals surface area contributed by atoms with E-state index in [1.807, 2.05) is 6.07 Å². The van der Waals surface area contributed by atoms with Crippen LogP contribution in [0.4, 0.5) is 0 Å². The third kappa shape index (κ3) is 7.40. The second-order valence-corrected chi connectivity index (χ2v) is 6.39. The van der Waals surface area contributed by atoms with Crippen LogP contribution in [0.15, 0.2) is 65.7 Å². The highest BCUT2D eigenvalue weighted by Crippen LogP contribution is 2.20. The summed E-state index contributed by atoms with van der Waals surface area (Å²) < 4.78 is 6.64. The zero-order valence-corrected chi connectivity index (χ0v) is 16.5. The van der Waals surface area contributed by atoms with Crippen LogP contribution in [0.3, 0.4) is 0 Å². The fraction of sp³-hybridized carbons (Fsp3) is 0.227. The summed E-state index contributed by atoms with van der Waals surface area (Å²) in [5, 5.41) is 9.28. The summed E-state index contributed by atoms with van der Waals surface area (Å²) >= 11 is 0. The van der Waals surface area contributed by atoms with Crippen LogP contribution in [0.1, 0.15) is 28.8 Å². The van der Waals surface area contributed by atoms with Gasteiger partial charge >= 0.3 is 11.9 Å². The van der Waals surface area contributed by atoms with Gasteiger partial charge in [0.1, 0.15) is 11.8 Å². The number of benzene rings is 2. The number of aliphatic imine (C=N–C) groups is 1. The van der Waals surface area contributed by atoms with Gasteiger partial charge in [-0.25, -0.2) is 9.59 Å². The SMILES string of the molecule is N=[N+](CN)CCC[C@H](N=C/C=C/c1ccccc1OC(=O)c1ccccc1)C(=O)O. The molecule has 30 heavy (non-hydrogen) atoms. The van der Waals surface area contributed by atoms with Crippen LogP contribution in [-0.4, -0.2) is 47.2 Å². The number of carboxylic acids is 1. The number of carbonyl (C=O) groups is 2. The number of hydrogen-bond donors (Lipinski definition) is 3. The summed E-state index contributed by atoms with van der Waals surface area (Å²) in [6.07, 6.45) is 5.51. The number of esters is 1. The average molecular weight is 409 g/mol. The molecule has 2 rings (SSSR count). The Morgan fingerprint density at radius 1 is 1.17 bits per heavy atom. The second kappa shape index (κ2) is 12.0. The molecule has 0 spiro atoms. The molecule has 8 nitrogen and oxygen atoms in total. The number of carbonyl (C=O) groups excluding carboxylic acids is 1. The van der Waals surface area contributed by atoms with E-state index in [4.69, 9.17) is 16.0 Å². The van der Waals surface area contributed by atoms with Crippen LogP contribution in [0.25, 0.3) is 6.08 Å². The molecule has 0 radical (unpaired) electrons. The van der Waals surface area contributed by atoms with Crippen molar-refractivity contribution in [1.29, 1.82) is 5.53 Å². The van der Waals surface area contributed by atoms with Gasteiger partial charge in [-0.15, -0.1) is 4.70 Å². The molecular weight excluding hydrogens is 384 g/mol. The molecule has 4 N–H and O–H groups in total. The smallest absolute Gasteiger partial charge is 0.343 e. The number of allylic oxidation sites excluding steroid dienone is 1. The van der Waals surface area contributed by atoms with Crippen LogP contribution >= 0.6 is 0 Å². The maximum absolute atomic E-state index is 12.3. The number of nitrogens with zero attached hydrogens (tertiary/aromatic N) is 2. The van der Waals surface area contributed by atoms with E-state index in [-0.39, 0.29) is 6.67 Å². The molecule has 0 heterocycles. The van der Waals surface area contributed by atoms with Crippen molar-refractivity contribution in [3.8, 4) is 5.75 Å². The van der Waals surface area contributed by atoms with Crippen LogP contribution < -0.4 is 10.5 Å². The lowest BCUT2D eigenvalue weighted by Crippen LogP contribution is -2.22. The lowest BCUT2D eigenvalue weighted by atomic mass is 10.1. The van der Waals surface area contributed by atoms with Gasteiger partial charge in [-0.3, -0.25) is 10.7 Å². The maximum Gasteiger partial charge on any atom is 0.343 e. The Bertz CT molecular complexity index is 926. The van der Waals surface area contributed by atoms with E-state index in [1.165, 1.54) is 6.21 Å². The van der Waals surface area contributed by atoms with Crippen LogP contribution in [0, 0.1) is 5.53 Å². The molecular formula is C22H25N4O4+. The topological polar surface area (TPSA) is 129 Å². The van der Waals surface area contributed by atoms with E-state index in [0.29, 0.717) is 36.3 Å². The van der Waals surface area contributed by atoms with Gasteiger partial charge in [0, 0.05) is 18.2 Å². The lowest BCUT2D eigenvalue weighted by Gasteiger charge is -2.07. The van der Waals surface area contributed by atoms with Gasteiger partial charge in [0.15, 0.2) is 6.54 Å². The highest BCUT2D eigenvalue weighted by atomic mass is 16.5. The molecule has 8 heteroatoms. The molecule has 0 aliphatic heterocycles. The quantitative estimate of drug-likeness (QED) is 0.131. The number of carboxylic acid groups (broad SMARTS) is 1. The monoisotopic (exact) mass is 409 g/mol. The first kappa shape index (κ1) is 22.6. The minimum atomic E-state index is -1.03.